The highest BCUT2D eigenvalue weighted by Gasteiger charge is 2.25. The van der Waals surface area contributed by atoms with Crippen LogP contribution < -0.4 is 4.90 Å². The van der Waals surface area contributed by atoms with Crippen LogP contribution in [0.25, 0.3) is 0 Å². The van der Waals surface area contributed by atoms with Crippen molar-refractivity contribution in [2.45, 2.75) is 25.9 Å². The lowest BCUT2D eigenvalue weighted by Gasteiger charge is -2.25. The first-order valence-electron chi connectivity index (χ1n) is 6.57. The molecule has 2 nitrogen and oxygen atoms in total. The lowest BCUT2D eigenvalue weighted by atomic mass is 10.1. The van der Waals surface area contributed by atoms with Gasteiger partial charge in [-0.05, 0) is 74.5 Å². The molecule has 0 bridgehead atoms. The first-order valence-corrected chi connectivity index (χ1v) is 8.16. The average Bonchev–Trinajstić information content (AvgIpc) is 2.73. The Hall–Kier alpha value is -1.000. The van der Waals surface area contributed by atoms with Crippen LogP contribution in [0.5, 0.6) is 5.75 Å². The van der Waals surface area contributed by atoms with E-state index < -0.39 is 0 Å². The summed E-state index contributed by atoms with van der Waals surface area (Å²) in [6.45, 7) is 3.10. The molecule has 0 fully saturated rings. The van der Waals surface area contributed by atoms with Gasteiger partial charge < -0.3 is 10.0 Å². The summed E-state index contributed by atoms with van der Waals surface area (Å²) in [7, 11) is 0. The molecule has 1 aliphatic rings. The number of rotatable bonds is 2. The summed E-state index contributed by atoms with van der Waals surface area (Å²) in [6, 6.07) is 13.0. The number of hydrogen-bond donors (Lipinski definition) is 1. The number of nitrogens with zero attached hydrogens (tertiary/aromatic N) is 1. The number of phenolic OH excluding ortho intramolecular Hbond substituents is 1. The molecule has 0 amide bonds. The van der Waals surface area contributed by atoms with Gasteiger partial charge in [0.25, 0.3) is 0 Å². The quantitative estimate of drug-likeness (QED) is 0.782. The van der Waals surface area contributed by atoms with Gasteiger partial charge in [-0.15, -0.1) is 0 Å². The highest BCUT2D eigenvalue weighted by atomic mass is 79.9. The van der Waals surface area contributed by atoms with Crippen molar-refractivity contribution in [3.8, 4) is 5.75 Å². The molecular weight excluding hydrogens is 382 g/mol. The van der Waals surface area contributed by atoms with Crippen LogP contribution in [0.15, 0.2) is 45.3 Å². The Bertz CT molecular complexity index is 634. The summed E-state index contributed by atoms with van der Waals surface area (Å²) >= 11 is 6.79. The molecule has 0 saturated carbocycles. The van der Waals surface area contributed by atoms with Crippen molar-refractivity contribution in [1.82, 2.24) is 0 Å². The normalized spacial score (nSPS) is 17.4. The minimum absolute atomic E-state index is 0.253. The highest BCUT2D eigenvalue weighted by molar-refractivity contribution is 9.11. The van der Waals surface area contributed by atoms with Gasteiger partial charge in [0.1, 0.15) is 5.75 Å². The fourth-order valence-electron chi connectivity index (χ4n) is 2.78. The third-order valence-electron chi connectivity index (χ3n) is 3.78. The predicted molar refractivity (Wildman–Crippen MR) is 89.3 cm³/mol. The maximum atomic E-state index is 9.79. The van der Waals surface area contributed by atoms with E-state index in [1.165, 1.54) is 16.8 Å². The zero-order chi connectivity index (χ0) is 14.3. The number of benzene rings is 2. The molecular formula is C16H15Br2NO. The van der Waals surface area contributed by atoms with E-state index in [0.717, 1.165) is 21.9 Å². The van der Waals surface area contributed by atoms with E-state index in [1.54, 1.807) is 0 Å². The molecule has 0 aliphatic carbocycles. The van der Waals surface area contributed by atoms with Crippen LogP contribution in [-0.2, 0) is 13.0 Å². The van der Waals surface area contributed by atoms with E-state index in [4.69, 9.17) is 0 Å². The fraction of sp³-hybridized carbons (Fsp3) is 0.250. The largest absolute Gasteiger partial charge is 0.506 e. The van der Waals surface area contributed by atoms with Gasteiger partial charge in [-0.1, -0.05) is 18.2 Å². The van der Waals surface area contributed by atoms with E-state index in [0.29, 0.717) is 6.04 Å². The molecule has 1 unspecified atom stereocenters. The number of hydrogen-bond acceptors (Lipinski definition) is 2. The van der Waals surface area contributed by atoms with Crippen LogP contribution in [0.2, 0.25) is 0 Å². The SMILES string of the molecule is CC1Cc2ccccc2N1Cc1cc(Br)c(O)c(Br)c1. The lowest BCUT2D eigenvalue weighted by molar-refractivity contribution is 0.468. The topological polar surface area (TPSA) is 23.5 Å². The fourth-order valence-corrected chi connectivity index (χ4v) is 4.06. The summed E-state index contributed by atoms with van der Waals surface area (Å²) in [5, 5.41) is 9.79. The molecule has 104 valence electrons. The molecule has 1 heterocycles. The molecule has 1 N–H and O–H groups in total. The van der Waals surface area contributed by atoms with E-state index in [2.05, 4.69) is 67.9 Å². The molecule has 2 aromatic rings. The maximum Gasteiger partial charge on any atom is 0.143 e. The highest BCUT2D eigenvalue weighted by Crippen LogP contribution is 2.36. The zero-order valence-corrected chi connectivity index (χ0v) is 14.3. The van der Waals surface area contributed by atoms with E-state index in [-0.39, 0.29) is 5.75 Å². The Labute approximate surface area is 135 Å². The summed E-state index contributed by atoms with van der Waals surface area (Å²) in [6.07, 6.45) is 1.09. The van der Waals surface area contributed by atoms with Gasteiger partial charge in [-0.25, -0.2) is 0 Å². The zero-order valence-electron chi connectivity index (χ0n) is 11.1. The van der Waals surface area contributed by atoms with Crippen LogP contribution in [0.1, 0.15) is 18.1 Å². The van der Waals surface area contributed by atoms with Gasteiger partial charge in [-0.3, -0.25) is 0 Å². The molecule has 0 saturated heterocycles. The Morgan fingerprint density at radius 1 is 1.20 bits per heavy atom. The second-order valence-corrected chi connectivity index (χ2v) is 6.93. The Morgan fingerprint density at radius 2 is 1.85 bits per heavy atom. The van der Waals surface area contributed by atoms with E-state index in [1.807, 2.05) is 12.1 Å². The number of halogens is 2. The van der Waals surface area contributed by atoms with Crippen LogP contribution >= 0.6 is 31.9 Å². The third-order valence-corrected chi connectivity index (χ3v) is 4.99. The van der Waals surface area contributed by atoms with Gasteiger partial charge in [0.2, 0.25) is 0 Å². The van der Waals surface area contributed by atoms with Gasteiger partial charge >= 0.3 is 0 Å². The van der Waals surface area contributed by atoms with Crippen molar-refractivity contribution in [2.75, 3.05) is 4.90 Å². The van der Waals surface area contributed by atoms with E-state index in [9.17, 15) is 5.11 Å². The van der Waals surface area contributed by atoms with Gasteiger partial charge in [0.15, 0.2) is 0 Å². The lowest BCUT2D eigenvalue weighted by Crippen LogP contribution is -2.28. The molecule has 0 aromatic heterocycles. The monoisotopic (exact) mass is 395 g/mol. The van der Waals surface area contributed by atoms with Crippen LogP contribution in [0.4, 0.5) is 5.69 Å². The van der Waals surface area contributed by atoms with Crippen molar-refractivity contribution < 1.29 is 5.11 Å². The Morgan fingerprint density at radius 3 is 2.55 bits per heavy atom. The second-order valence-electron chi connectivity index (χ2n) is 5.22. The number of para-hydroxylation sites is 1. The minimum atomic E-state index is 0.253. The first kappa shape index (κ1) is 14.0. The van der Waals surface area contributed by atoms with Crippen molar-refractivity contribution >= 4 is 37.5 Å². The number of aromatic hydroxyl groups is 1. The van der Waals surface area contributed by atoms with Crippen molar-refractivity contribution in [1.29, 1.82) is 0 Å². The van der Waals surface area contributed by atoms with Crippen molar-refractivity contribution in [2.24, 2.45) is 0 Å². The van der Waals surface area contributed by atoms with Crippen LogP contribution in [-0.4, -0.2) is 11.1 Å². The summed E-state index contributed by atoms with van der Waals surface area (Å²) in [5.74, 6) is 0.253. The van der Waals surface area contributed by atoms with Gasteiger partial charge in [0.05, 0.1) is 8.95 Å². The summed E-state index contributed by atoms with van der Waals surface area (Å²) in [5.41, 5.74) is 3.90. The average molecular weight is 397 g/mol. The summed E-state index contributed by atoms with van der Waals surface area (Å²) in [4.78, 5) is 2.42. The molecule has 4 heteroatoms. The number of fused-ring (bicyclic) bond motifs is 1. The number of phenols is 1. The van der Waals surface area contributed by atoms with Crippen LogP contribution in [0.3, 0.4) is 0 Å². The van der Waals surface area contributed by atoms with Gasteiger partial charge in [0, 0.05) is 18.3 Å². The summed E-state index contributed by atoms with van der Waals surface area (Å²) < 4.78 is 1.45. The molecule has 0 radical (unpaired) electrons. The third kappa shape index (κ3) is 2.47. The molecule has 2 aromatic carbocycles. The van der Waals surface area contributed by atoms with E-state index >= 15 is 0 Å². The number of anilines is 1. The Balaban J connectivity index is 1.92. The molecule has 0 spiro atoms. The van der Waals surface area contributed by atoms with Gasteiger partial charge in [-0.2, -0.15) is 0 Å². The molecule has 3 rings (SSSR count). The maximum absolute atomic E-state index is 9.79. The first-order chi connectivity index (χ1) is 9.56. The molecule has 1 atom stereocenters. The smallest absolute Gasteiger partial charge is 0.143 e. The Kier molecular flexibility index (Phi) is 3.78. The molecule has 1 aliphatic heterocycles. The standard InChI is InChI=1S/C16H15Br2NO/c1-10-6-12-4-2-3-5-15(12)19(10)9-11-7-13(17)16(20)14(18)8-11/h2-5,7-8,10,20H,6,9H2,1H3. The van der Waals surface area contributed by atoms with Crippen molar-refractivity contribution in [3.05, 3.63) is 56.5 Å². The second kappa shape index (κ2) is 5.41. The minimum Gasteiger partial charge on any atom is -0.506 e. The van der Waals surface area contributed by atoms with Crippen LogP contribution in [0, 0.1) is 0 Å². The predicted octanol–water partition coefficient (Wildman–Crippen LogP) is 4.87. The van der Waals surface area contributed by atoms with Crippen molar-refractivity contribution in [3.63, 3.8) is 0 Å². The molecule has 20 heavy (non-hydrogen) atoms.